The number of nitrogens with one attached hydrogen (secondary N) is 2. The van der Waals surface area contributed by atoms with E-state index < -0.39 is 0 Å². The molecule has 0 radical (unpaired) electrons. The first-order chi connectivity index (χ1) is 15.7. The van der Waals surface area contributed by atoms with Gasteiger partial charge in [0.1, 0.15) is 17.7 Å². The molecule has 2 heterocycles. The van der Waals surface area contributed by atoms with Crippen molar-refractivity contribution in [1.82, 2.24) is 15.6 Å². The van der Waals surface area contributed by atoms with Gasteiger partial charge in [-0.05, 0) is 44.0 Å². The molecule has 2 aromatic carbocycles. The molecule has 0 amide bonds. The number of piperidine rings is 1. The van der Waals surface area contributed by atoms with Crippen LogP contribution in [0.4, 0.5) is 5.69 Å². The highest BCUT2D eigenvalue weighted by Crippen LogP contribution is 2.24. The van der Waals surface area contributed by atoms with Crippen LogP contribution in [0.3, 0.4) is 0 Å². The number of hydrogen-bond acceptors (Lipinski definition) is 5. The third-order valence-corrected chi connectivity index (χ3v) is 5.50. The van der Waals surface area contributed by atoms with Crippen molar-refractivity contribution in [3.8, 4) is 17.2 Å². The van der Waals surface area contributed by atoms with Crippen molar-refractivity contribution in [2.45, 2.75) is 32.4 Å². The molecule has 176 valence electrons. The number of methoxy groups -OCH3 is 1. The molecule has 4 rings (SSSR count). The lowest BCUT2D eigenvalue weighted by atomic mass is 10.0. The monoisotopic (exact) mass is 561 g/mol. The lowest BCUT2D eigenvalue weighted by Crippen LogP contribution is -2.51. The molecular weight excluding hydrogens is 529 g/mol. The van der Waals surface area contributed by atoms with Crippen LogP contribution in [0.1, 0.15) is 25.5 Å². The van der Waals surface area contributed by atoms with Crippen molar-refractivity contribution in [3.05, 3.63) is 66.6 Å². The predicted octanol–water partition coefficient (Wildman–Crippen LogP) is 4.69. The Morgan fingerprint density at radius 3 is 2.85 bits per heavy atom. The van der Waals surface area contributed by atoms with Gasteiger partial charge in [0.25, 0.3) is 0 Å². The van der Waals surface area contributed by atoms with E-state index >= 15 is 0 Å². The summed E-state index contributed by atoms with van der Waals surface area (Å²) < 4.78 is 11.0. The van der Waals surface area contributed by atoms with Crippen LogP contribution in [0.25, 0.3) is 11.5 Å². The third-order valence-electron chi connectivity index (χ3n) is 5.50. The van der Waals surface area contributed by atoms with Crippen molar-refractivity contribution >= 4 is 35.6 Å². The van der Waals surface area contributed by atoms with Crippen molar-refractivity contribution in [2.24, 2.45) is 4.99 Å². The van der Waals surface area contributed by atoms with Crippen molar-refractivity contribution in [2.75, 3.05) is 31.6 Å². The maximum absolute atomic E-state index is 5.64. The van der Waals surface area contributed by atoms with Crippen LogP contribution < -0.4 is 20.3 Å². The number of oxazole rings is 1. The average molecular weight is 561 g/mol. The summed E-state index contributed by atoms with van der Waals surface area (Å²) in [6.45, 7) is 5.29. The lowest BCUT2D eigenvalue weighted by Gasteiger charge is -2.35. The fourth-order valence-corrected chi connectivity index (χ4v) is 3.90. The number of halogens is 1. The fraction of sp³-hybridized carbons (Fsp3) is 0.360. The smallest absolute Gasteiger partial charge is 0.226 e. The molecule has 1 atom stereocenters. The summed E-state index contributed by atoms with van der Waals surface area (Å²) in [5.74, 6) is 2.30. The Hall–Kier alpha value is -2.75. The number of nitrogens with zero attached hydrogens (tertiary/aromatic N) is 3. The zero-order valence-electron chi connectivity index (χ0n) is 19.2. The van der Waals surface area contributed by atoms with E-state index in [9.17, 15) is 0 Å². The number of aliphatic imine (C=N–C) groups is 1. The molecule has 0 spiro atoms. The zero-order valence-corrected chi connectivity index (χ0v) is 21.5. The third kappa shape index (κ3) is 6.86. The Bertz CT molecular complexity index is 1020. The average Bonchev–Trinajstić information content (AvgIpc) is 3.33. The van der Waals surface area contributed by atoms with Gasteiger partial charge < -0.3 is 24.7 Å². The lowest BCUT2D eigenvalue weighted by molar-refractivity contribution is 0.414. The number of guanidine groups is 1. The van der Waals surface area contributed by atoms with Gasteiger partial charge in [0, 0.05) is 43.0 Å². The first kappa shape index (κ1) is 24.9. The molecule has 3 aromatic rings. The van der Waals surface area contributed by atoms with Crippen LogP contribution in [0.5, 0.6) is 5.75 Å². The van der Waals surface area contributed by atoms with E-state index in [0.29, 0.717) is 18.5 Å². The summed E-state index contributed by atoms with van der Waals surface area (Å²) in [5, 5.41) is 6.96. The minimum Gasteiger partial charge on any atom is -0.497 e. The van der Waals surface area contributed by atoms with Crippen molar-refractivity contribution < 1.29 is 9.15 Å². The first-order valence-electron chi connectivity index (χ1n) is 11.2. The highest BCUT2D eigenvalue weighted by molar-refractivity contribution is 14.0. The summed E-state index contributed by atoms with van der Waals surface area (Å²) in [7, 11) is 1.70. The molecule has 1 aliphatic heterocycles. The molecular formula is C25H32IN5O2. The Balaban J connectivity index is 0.00000306. The van der Waals surface area contributed by atoms with Crippen LogP contribution in [-0.4, -0.2) is 43.7 Å². The number of benzene rings is 2. The molecule has 2 N–H and O–H groups in total. The van der Waals surface area contributed by atoms with Crippen LogP contribution in [0.15, 0.2) is 70.3 Å². The quantitative estimate of drug-likeness (QED) is 0.248. The summed E-state index contributed by atoms with van der Waals surface area (Å²) in [6, 6.07) is 18.5. The van der Waals surface area contributed by atoms with Gasteiger partial charge in [0.15, 0.2) is 5.96 Å². The van der Waals surface area contributed by atoms with Crippen molar-refractivity contribution in [3.63, 3.8) is 0 Å². The van der Waals surface area contributed by atoms with Gasteiger partial charge in [-0.15, -0.1) is 24.0 Å². The van der Waals surface area contributed by atoms with Gasteiger partial charge in [0.2, 0.25) is 5.89 Å². The molecule has 0 aliphatic carbocycles. The summed E-state index contributed by atoms with van der Waals surface area (Å²) in [4.78, 5) is 11.7. The van der Waals surface area contributed by atoms with Gasteiger partial charge in [-0.2, -0.15) is 0 Å². The number of ether oxygens (including phenoxy) is 1. The second kappa shape index (κ2) is 12.5. The van der Waals surface area contributed by atoms with Gasteiger partial charge in [-0.3, -0.25) is 0 Å². The van der Waals surface area contributed by atoms with Gasteiger partial charge >= 0.3 is 0 Å². The molecule has 0 saturated carbocycles. The van der Waals surface area contributed by atoms with Gasteiger partial charge in [0.05, 0.1) is 13.7 Å². The number of anilines is 1. The SMILES string of the molecule is CCNC(=NCc1coc(-c2ccccc2)n1)NC1CCCN(c2cccc(OC)c2)C1.I. The van der Waals surface area contributed by atoms with E-state index in [1.165, 1.54) is 5.69 Å². The van der Waals surface area contributed by atoms with Crippen LogP contribution >= 0.6 is 24.0 Å². The van der Waals surface area contributed by atoms with Crippen LogP contribution in [-0.2, 0) is 6.54 Å². The normalized spacial score (nSPS) is 16.1. The first-order valence-corrected chi connectivity index (χ1v) is 11.2. The highest BCUT2D eigenvalue weighted by atomic mass is 127. The zero-order chi connectivity index (χ0) is 22.2. The van der Waals surface area contributed by atoms with Crippen LogP contribution in [0.2, 0.25) is 0 Å². The van der Waals surface area contributed by atoms with E-state index in [1.807, 2.05) is 42.5 Å². The topological polar surface area (TPSA) is 74.9 Å². The van der Waals surface area contributed by atoms with Crippen LogP contribution in [0, 0.1) is 0 Å². The molecule has 1 aliphatic rings. The number of hydrogen-bond donors (Lipinski definition) is 2. The van der Waals surface area contributed by atoms with E-state index in [-0.39, 0.29) is 24.0 Å². The molecule has 7 nitrogen and oxygen atoms in total. The second-order valence-corrected chi connectivity index (χ2v) is 7.84. The summed E-state index contributed by atoms with van der Waals surface area (Å²) in [6.07, 6.45) is 3.91. The Kier molecular flexibility index (Phi) is 9.41. The molecule has 33 heavy (non-hydrogen) atoms. The molecule has 1 aromatic heterocycles. The van der Waals surface area contributed by atoms with E-state index in [0.717, 1.165) is 55.4 Å². The molecule has 0 bridgehead atoms. The molecule has 8 heteroatoms. The number of rotatable bonds is 7. The fourth-order valence-electron chi connectivity index (χ4n) is 3.90. The Labute approximate surface area is 212 Å². The highest BCUT2D eigenvalue weighted by Gasteiger charge is 2.21. The predicted molar refractivity (Wildman–Crippen MR) is 144 cm³/mol. The van der Waals surface area contributed by atoms with E-state index in [2.05, 4.69) is 39.6 Å². The number of aromatic nitrogens is 1. The van der Waals surface area contributed by atoms with Gasteiger partial charge in [-0.25, -0.2) is 9.98 Å². The standard InChI is InChI=1S/C25H31N5O2.HI/c1-3-26-25(27-16-21-18-32-24(28-21)19-9-5-4-6-10-19)29-20-11-8-14-30(17-20)22-12-7-13-23(15-22)31-2;/h4-7,9-10,12-13,15,18,20H,3,8,11,14,16-17H2,1-2H3,(H2,26,27,29);1H. The minimum atomic E-state index is 0. The Morgan fingerprint density at radius 1 is 1.21 bits per heavy atom. The second-order valence-electron chi connectivity index (χ2n) is 7.84. The molecule has 1 unspecified atom stereocenters. The maximum Gasteiger partial charge on any atom is 0.226 e. The molecule has 1 saturated heterocycles. The molecule has 1 fully saturated rings. The minimum absolute atomic E-state index is 0. The van der Waals surface area contributed by atoms with E-state index in [1.54, 1.807) is 13.4 Å². The largest absolute Gasteiger partial charge is 0.497 e. The summed E-state index contributed by atoms with van der Waals surface area (Å²) >= 11 is 0. The Morgan fingerprint density at radius 2 is 2.06 bits per heavy atom. The van der Waals surface area contributed by atoms with Gasteiger partial charge in [-0.1, -0.05) is 24.3 Å². The maximum atomic E-state index is 5.64. The summed E-state index contributed by atoms with van der Waals surface area (Å²) in [5.41, 5.74) is 2.96. The van der Waals surface area contributed by atoms with E-state index in [4.69, 9.17) is 14.1 Å². The van der Waals surface area contributed by atoms with Crippen molar-refractivity contribution in [1.29, 1.82) is 0 Å².